The number of nitrogens with zero attached hydrogens (tertiary/aromatic N) is 1. The molecule has 1 aromatic carbocycles. The lowest BCUT2D eigenvalue weighted by Crippen LogP contribution is -2.28. The van der Waals surface area contributed by atoms with Crippen LogP contribution in [0.5, 0.6) is 0 Å². The Morgan fingerprint density at radius 3 is 2.61 bits per heavy atom. The molecular weight excluding hydrogens is 301 g/mol. The van der Waals surface area contributed by atoms with Crippen molar-refractivity contribution < 1.29 is 13.6 Å². The van der Waals surface area contributed by atoms with Gasteiger partial charge < -0.3 is 10.9 Å². The Balaban J connectivity index is 2.77. The normalized spacial score (nSPS) is 12.7. The van der Waals surface area contributed by atoms with Crippen LogP contribution >= 0.6 is 23.2 Å². The summed E-state index contributed by atoms with van der Waals surface area (Å²) in [6.45, 7) is 0.0124. The lowest BCUT2D eigenvalue weighted by atomic mass is 10.4. The molecule has 0 amide bonds. The Hall–Kier alpha value is -1.02. The first kappa shape index (κ1) is 15.0. The maximum Gasteiger partial charge on any atom is 0.240 e. The van der Waals surface area contributed by atoms with Gasteiger partial charge in [-0.25, -0.2) is 13.1 Å². The van der Waals surface area contributed by atoms with Crippen molar-refractivity contribution in [1.29, 1.82) is 0 Å². The largest absolute Gasteiger partial charge is 0.409 e. The maximum absolute atomic E-state index is 11.8. The van der Waals surface area contributed by atoms with E-state index in [4.69, 9.17) is 34.1 Å². The molecule has 0 aromatic heterocycles. The van der Waals surface area contributed by atoms with E-state index >= 15 is 0 Å². The average Bonchev–Trinajstić information content (AvgIpc) is 2.32. The van der Waals surface area contributed by atoms with Crippen molar-refractivity contribution in [3.63, 3.8) is 0 Å². The van der Waals surface area contributed by atoms with Gasteiger partial charge in [0.1, 0.15) is 5.84 Å². The summed E-state index contributed by atoms with van der Waals surface area (Å²) < 4.78 is 25.9. The average molecular weight is 312 g/mol. The van der Waals surface area contributed by atoms with Gasteiger partial charge in [-0.2, -0.15) is 0 Å². The van der Waals surface area contributed by atoms with Gasteiger partial charge in [0.25, 0.3) is 0 Å². The molecule has 100 valence electrons. The van der Waals surface area contributed by atoms with Crippen LogP contribution in [0.25, 0.3) is 0 Å². The van der Waals surface area contributed by atoms with Crippen LogP contribution in [0, 0.1) is 0 Å². The van der Waals surface area contributed by atoms with E-state index in [-0.39, 0.29) is 33.7 Å². The number of hydrogen-bond acceptors (Lipinski definition) is 4. The molecule has 0 unspecified atom stereocenters. The summed E-state index contributed by atoms with van der Waals surface area (Å²) in [5.74, 6) is -0.0631. The van der Waals surface area contributed by atoms with Crippen LogP contribution in [0.1, 0.15) is 6.42 Å². The van der Waals surface area contributed by atoms with Gasteiger partial charge in [-0.1, -0.05) is 28.4 Å². The van der Waals surface area contributed by atoms with E-state index in [1.54, 1.807) is 0 Å². The van der Waals surface area contributed by atoms with Gasteiger partial charge in [0.05, 0.1) is 14.9 Å². The smallest absolute Gasteiger partial charge is 0.240 e. The fourth-order valence-electron chi connectivity index (χ4n) is 1.09. The minimum Gasteiger partial charge on any atom is -0.409 e. The molecule has 0 aliphatic heterocycles. The third-order valence-corrected chi connectivity index (χ3v) is 4.20. The second kappa shape index (κ2) is 6.24. The quantitative estimate of drug-likeness (QED) is 0.331. The summed E-state index contributed by atoms with van der Waals surface area (Å²) in [6.07, 6.45) is 0.0943. The van der Waals surface area contributed by atoms with Crippen molar-refractivity contribution in [2.24, 2.45) is 10.9 Å². The molecule has 0 fully saturated rings. The Bertz CT molecular complexity index is 560. The van der Waals surface area contributed by atoms with Crippen molar-refractivity contribution in [3.8, 4) is 0 Å². The monoisotopic (exact) mass is 311 g/mol. The lowest BCUT2D eigenvalue weighted by Gasteiger charge is -2.07. The van der Waals surface area contributed by atoms with Crippen molar-refractivity contribution in [1.82, 2.24) is 4.72 Å². The van der Waals surface area contributed by atoms with Crippen LogP contribution in [0.15, 0.2) is 28.3 Å². The number of nitrogens with one attached hydrogen (secondary N) is 1. The van der Waals surface area contributed by atoms with Crippen molar-refractivity contribution in [2.75, 3.05) is 6.54 Å². The highest BCUT2D eigenvalue weighted by molar-refractivity contribution is 7.89. The Kier molecular flexibility index (Phi) is 5.21. The van der Waals surface area contributed by atoms with E-state index in [1.165, 1.54) is 18.2 Å². The number of amidine groups is 1. The molecule has 0 atom stereocenters. The van der Waals surface area contributed by atoms with Gasteiger partial charge in [-0.3, -0.25) is 0 Å². The van der Waals surface area contributed by atoms with E-state index in [0.717, 1.165) is 0 Å². The summed E-state index contributed by atoms with van der Waals surface area (Å²) in [6, 6.07) is 3.97. The zero-order valence-electron chi connectivity index (χ0n) is 9.10. The zero-order valence-corrected chi connectivity index (χ0v) is 11.4. The Morgan fingerprint density at radius 2 is 2.06 bits per heavy atom. The van der Waals surface area contributed by atoms with Gasteiger partial charge in [0.2, 0.25) is 10.0 Å². The summed E-state index contributed by atoms with van der Waals surface area (Å²) in [5, 5.41) is 11.4. The molecule has 0 radical (unpaired) electrons. The van der Waals surface area contributed by atoms with Crippen LogP contribution in [-0.2, 0) is 10.0 Å². The van der Waals surface area contributed by atoms with Crippen molar-refractivity contribution in [3.05, 3.63) is 28.2 Å². The molecule has 6 nitrogen and oxygen atoms in total. The first-order valence-corrected chi connectivity index (χ1v) is 7.02. The highest BCUT2D eigenvalue weighted by Gasteiger charge is 2.14. The van der Waals surface area contributed by atoms with E-state index < -0.39 is 10.0 Å². The number of halogens is 2. The van der Waals surface area contributed by atoms with Gasteiger partial charge >= 0.3 is 0 Å². The molecule has 0 aliphatic rings. The van der Waals surface area contributed by atoms with E-state index in [9.17, 15) is 8.42 Å². The lowest BCUT2D eigenvalue weighted by molar-refractivity contribution is 0.317. The molecule has 0 spiro atoms. The predicted molar refractivity (Wildman–Crippen MR) is 69.7 cm³/mol. The molecule has 9 heteroatoms. The summed E-state index contributed by atoms with van der Waals surface area (Å²) in [7, 11) is -3.69. The summed E-state index contributed by atoms with van der Waals surface area (Å²) in [5.41, 5.74) is 5.21. The van der Waals surface area contributed by atoms with E-state index in [0.29, 0.717) is 0 Å². The first-order chi connectivity index (χ1) is 8.36. The molecule has 0 saturated heterocycles. The number of benzene rings is 1. The van der Waals surface area contributed by atoms with E-state index in [1.807, 2.05) is 0 Å². The predicted octanol–water partition coefficient (Wildman–Crippen LogP) is 1.41. The van der Waals surface area contributed by atoms with Gasteiger partial charge in [-0.05, 0) is 18.2 Å². The first-order valence-electron chi connectivity index (χ1n) is 4.78. The SMILES string of the molecule is NC(CCNS(=O)(=O)c1ccc(Cl)c(Cl)c1)=NO. The molecule has 0 saturated carbocycles. The molecule has 0 bridgehead atoms. The van der Waals surface area contributed by atoms with Crippen LogP contribution in [-0.4, -0.2) is 26.0 Å². The molecule has 0 heterocycles. The fraction of sp³-hybridized carbons (Fsp3) is 0.222. The van der Waals surface area contributed by atoms with Crippen LogP contribution in [0.3, 0.4) is 0 Å². The zero-order chi connectivity index (χ0) is 13.8. The number of oxime groups is 1. The van der Waals surface area contributed by atoms with Gasteiger partial charge in [0.15, 0.2) is 0 Å². The number of nitrogens with two attached hydrogens (primary N) is 1. The second-order valence-corrected chi connectivity index (χ2v) is 5.90. The summed E-state index contributed by atoms with van der Waals surface area (Å²) in [4.78, 5) is -0.00333. The van der Waals surface area contributed by atoms with Crippen LogP contribution < -0.4 is 10.5 Å². The van der Waals surface area contributed by atoms with Crippen molar-refractivity contribution in [2.45, 2.75) is 11.3 Å². The van der Waals surface area contributed by atoms with E-state index in [2.05, 4.69) is 9.88 Å². The highest BCUT2D eigenvalue weighted by atomic mass is 35.5. The molecule has 1 rings (SSSR count). The summed E-state index contributed by atoms with van der Waals surface area (Å²) >= 11 is 11.4. The molecule has 18 heavy (non-hydrogen) atoms. The molecule has 0 aliphatic carbocycles. The fourth-order valence-corrected chi connectivity index (χ4v) is 2.51. The minimum absolute atomic E-state index is 0.00333. The Morgan fingerprint density at radius 1 is 1.39 bits per heavy atom. The third kappa shape index (κ3) is 4.02. The maximum atomic E-state index is 11.8. The number of sulfonamides is 1. The van der Waals surface area contributed by atoms with Crippen molar-refractivity contribution >= 4 is 39.1 Å². The second-order valence-electron chi connectivity index (χ2n) is 3.32. The number of hydrogen-bond donors (Lipinski definition) is 3. The molecular formula is C9H11Cl2N3O3S. The Labute approximate surface area is 114 Å². The minimum atomic E-state index is -3.69. The third-order valence-electron chi connectivity index (χ3n) is 2.00. The van der Waals surface area contributed by atoms with Crippen LogP contribution in [0.2, 0.25) is 10.0 Å². The van der Waals surface area contributed by atoms with Crippen LogP contribution in [0.4, 0.5) is 0 Å². The van der Waals surface area contributed by atoms with Gasteiger partial charge in [-0.15, -0.1) is 0 Å². The molecule has 4 N–H and O–H groups in total. The highest BCUT2D eigenvalue weighted by Crippen LogP contribution is 2.24. The molecule has 1 aromatic rings. The van der Waals surface area contributed by atoms with Gasteiger partial charge in [0, 0.05) is 13.0 Å². The topological polar surface area (TPSA) is 105 Å². The number of rotatable bonds is 5. The standard InChI is InChI=1S/C9H11Cl2N3O3S/c10-7-2-1-6(5-8(7)11)18(16,17)13-4-3-9(12)14-15/h1-2,5,13,15H,3-4H2,(H2,12,14).